The van der Waals surface area contributed by atoms with Crippen molar-refractivity contribution in [2.75, 3.05) is 7.11 Å². The second-order valence-corrected chi connectivity index (χ2v) is 2.38. The molecule has 0 aliphatic rings. The Hall–Kier alpha value is -1.51. The predicted molar refractivity (Wildman–Crippen MR) is 44.4 cm³/mol. The number of hydrogen-bond acceptors (Lipinski definition) is 3. The number of esters is 1. The molecule has 0 unspecified atom stereocenters. The summed E-state index contributed by atoms with van der Waals surface area (Å²) in [6, 6.07) is 1.77. The number of rotatable bonds is 2. The standard InChI is InChI=1S/C9H10O3/c1-7(9(10)11-2)5-8-3-4-12-6-8/h3-6H,1-2H3/b7-5+. The van der Waals surface area contributed by atoms with E-state index in [-0.39, 0.29) is 5.97 Å². The van der Waals surface area contributed by atoms with Gasteiger partial charge < -0.3 is 9.15 Å². The number of furan rings is 1. The van der Waals surface area contributed by atoms with Crippen molar-refractivity contribution in [2.45, 2.75) is 6.92 Å². The quantitative estimate of drug-likeness (QED) is 0.497. The van der Waals surface area contributed by atoms with Gasteiger partial charge in [0.15, 0.2) is 0 Å². The highest BCUT2D eigenvalue weighted by Gasteiger charge is 2.02. The molecular formula is C9H10O3. The summed E-state index contributed by atoms with van der Waals surface area (Å²) in [5, 5.41) is 0. The highest BCUT2D eigenvalue weighted by molar-refractivity contribution is 5.92. The van der Waals surface area contributed by atoms with Crippen molar-refractivity contribution in [3.8, 4) is 0 Å². The summed E-state index contributed by atoms with van der Waals surface area (Å²) in [7, 11) is 1.36. The largest absolute Gasteiger partial charge is 0.472 e. The molecule has 0 amide bonds. The molecule has 0 saturated carbocycles. The van der Waals surface area contributed by atoms with E-state index in [1.54, 1.807) is 31.6 Å². The molecule has 1 rings (SSSR count). The van der Waals surface area contributed by atoms with Crippen molar-refractivity contribution in [1.29, 1.82) is 0 Å². The Balaban J connectivity index is 2.76. The summed E-state index contributed by atoms with van der Waals surface area (Å²) in [6.45, 7) is 1.69. The van der Waals surface area contributed by atoms with E-state index in [1.165, 1.54) is 7.11 Å². The van der Waals surface area contributed by atoms with Gasteiger partial charge in [-0.2, -0.15) is 0 Å². The topological polar surface area (TPSA) is 39.4 Å². The van der Waals surface area contributed by atoms with Crippen LogP contribution in [0, 0.1) is 0 Å². The minimum Gasteiger partial charge on any atom is -0.472 e. The van der Waals surface area contributed by atoms with Gasteiger partial charge in [-0.05, 0) is 19.1 Å². The Labute approximate surface area is 70.6 Å². The van der Waals surface area contributed by atoms with Crippen molar-refractivity contribution in [1.82, 2.24) is 0 Å². The predicted octanol–water partition coefficient (Wildman–Crippen LogP) is 1.86. The molecule has 1 aromatic heterocycles. The summed E-state index contributed by atoms with van der Waals surface area (Å²) < 4.78 is 9.35. The van der Waals surface area contributed by atoms with Gasteiger partial charge in [0.25, 0.3) is 0 Å². The molecule has 0 fully saturated rings. The van der Waals surface area contributed by atoms with Gasteiger partial charge in [-0.15, -0.1) is 0 Å². The van der Waals surface area contributed by atoms with Gasteiger partial charge in [-0.1, -0.05) is 0 Å². The van der Waals surface area contributed by atoms with E-state index in [2.05, 4.69) is 4.74 Å². The van der Waals surface area contributed by atoms with Crippen molar-refractivity contribution >= 4 is 12.0 Å². The van der Waals surface area contributed by atoms with Crippen LogP contribution in [0.25, 0.3) is 6.08 Å². The van der Waals surface area contributed by atoms with Gasteiger partial charge >= 0.3 is 5.97 Å². The lowest BCUT2D eigenvalue weighted by molar-refractivity contribution is -0.135. The first kappa shape index (κ1) is 8.59. The van der Waals surface area contributed by atoms with E-state index in [4.69, 9.17) is 4.42 Å². The fourth-order valence-corrected chi connectivity index (χ4v) is 0.827. The first-order valence-corrected chi connectivity index (χ1v) is 3.53. The normalized spacial score (nSPS) is 11.3. The van der Waals surface area contributed by atoms with Gasteiger partial charge in [0.05, 0.1) is 19.6 Å². The van der Waals surface area contributed by atoms with Gasteiger partial charge in [-0.25, -0.2) is 4.79 Å². The van der Waals surface area contributed by atoms with Crippen LogP contribution in [0.1, 0.15) is 12.5 Å². The van der Waals surface area contributed by atoms with Crippen molar-refractivity contribution < 1.29 is 13.9 Å². The van der Waals surface area contributed by atoms with Crippen LogP contribution in [0.15, 0.2) is 28.6 Å². The molecule has 12 heavy (non-hydrogen) atoms. The van der Waals surface area contributed by atoms with E-state index in [0.29, 0.717) is 5.57 Å². The number of methoxy groups -OCH3 is 1. The fraction of sp³-hybridized carbons (Fsp3) is 0.222. The molecular weight excluding hydrogens is 156 g/mol. The Morgan fingerprint density at radius 3 is 2.92 bits per heavy atom. The third-order valence-corrected chi connectivity index (χ3v) is 1.43. The average Bonchev–Trinajstić information content (AvgIpc) is 2.55. The molecule has 1 aromatic rings. The van der Waals surface area contributed by atoms with E-state index in [9.17, 15) is 4.79 Å². The number of ether oxygens (including phenoxy) is 1. The smallest absolute Gasteiger partial charge is 0.333 e. The molecule has 0 atom stereocenters. The second-order valence-electron chi connectivity index (χ2n) is 2.38. The Bertz CT molecular complexity index is 283. The first-order valence-electron chi connectivity index (χ1n) is 3.53. The monoisotopic (exact) mass is 166 g/mol. The number of hydrogen-bond donors (Lipinski definition) is 0. The second kappa shape index (κ2) is 3.76. The lowest BCUT2D eigenvalue weighted by atomic mass is 10.2. The Morgan fingerprint density at radius 2 is 2.42 bits per heavy atom. The maximum Gasteiger partial charge on any atom is 0.333 e. The van der Waals surface area contributed by atoms with Crippen LogP contribution in [-0.4, -0.2) is 13.1 Å². The third-order valence-electron chi connectivity index (χ3n) is 1.43. The molecule has 64 valence electrons. The van der Waals surface area contributed by atoms with Crippen LogP contribution in [0.2, 0.25) is 0 Å². The van der Waals surface area contributed by atoms with Crippen molar-refractivity contribution in [3.63, 3.8) is 0 Å². The first-order chi connectivity index (χ1) is 5.74. The third kappa shape index (κ3) is 1.99. The van der Waals surface area contributed by atoms with Crippen LogP contribution >= 0.6 is 0 Å². The molecule has 0 aromatic carbocycles. The molecule has 3 heteroatoms. The SMILES string of the molecule is COC(=O)/C(C)=C/c1ccoc1. The Kier molecular flexibility index (Phi) is 2.69. The molecule has 3 nitrogen and oxygen atoms in total. The van der Waals surface area contributed by atoms with E-state index in [1.807, 2.05) is 0 Å². The number of carbonyl (C=O) groups is 1. The molecule has 0 radical (unpaired) electrons. The van der Waals surface area contributed by atoms with E-state index >= 15 is 0 Å². The lowest BCUT2D eigenvalue weighted by Gasteiger charge is -1.95. The summed E-state index contributed by atoms with van der Waals surface area (Å²) in [5.41, 5.74) is 1.41. The maximum atomic E-state index is 10.9. The highest BCUT2D eigenvalue weighted by Crippen LogP contribution is 2.07. The van der Waals surface area contributed by atoms with Gasteiger partial charge in [0, 0.05) is 11.1 Å². The van der Waals surface area contributed by atoms with Gasteiger partial charge in [0.2, 0.25) is 0 Å². The molecule has 1 heterocycles. The van der Waals surface area contributed by atoms with Crippen molar-refractivity contribution in [3.05, 3.63) is 29.7 Å². The fourth-order valence-electron chi connectivity index (χ4n) is 0.827. The summed E-state index contributed by atoms with van der Waals surface area (Å²) in [4.78, 5) is 10.9. The maximum absolute atomic E-state index is 10.9. The zero-order valence-corrected chi connectivity index (χ0v) is 7.03. The van der Waals surface area contributed by atoms with Crippen molar-refractivity contribution in [2.24, 2.45) is 0 Å². The molecule has 0 spiro atoms. The summed E-state index contributed by atoms with van der Waals surface area (Å²) in [5.74, 6) is -0.323. The number of carbonyl (C=O) groups excluding carboxylic acids is 1. The summed E-state index contributed by atoms with van der Waals surface area (Å²) in [6.07, 6.45) is 4.82. The zero-order chi connectivity index (χ0) is 8.97. The van der Waals surface area contributed by atoms with Gasteiger partial charge in [0.1, 0.15) is 0 Å². The molecule has 0 aliphatic heterocycles. The van der Waals surface area contributed by atoms with E-state index < -0.39 is 0 Å². The minimum absolute atomic E-state index is 0.323. The minimum atomic E-state index is -0.323. The highest BCUT2D eigenvalue weighted by atomic mass is 16.5. The molecule has 0 bridgehead atoms. The van der Waals surface area contributed by atoms with Crippen LogP contribution in [-0.2, 0) is 9.53 Å². The average molecular weight is 166 g/mol. The van der Waals surface area contributed by atoms with E-state index in [0.717, 1.165) is 5.56 Å². The molecule has 0 N–H and O–H groups in total. The molecule has 0 aliphatic carbocycles. The van der Waals surface area contributed by atoms with Gasteiger partial charge in [-0.3, -0.25) is 0 Å². The Morgan fingerprint density at radius 1 is 1.67 bits per heavy atom. The summed E-state index contributed by atoms with van der Waals surface area (Å²) >= 11 is 0. The molecule has 0 saturated heterocycles. The lowest BCUT2D eigenvalue weighted by Crippen LogP contribution is -2.00. The zero-order valence-electron chi connectivity index (χ0n) is 7.03. The van der Waals surface area contributed by atoms with Crippen LogP contribution < -0.4 is 0 Å². The van der Waals surface area contributed by atoms with Crippen LogP contribution in [0.4, 0.5) is 0 Å². The van der Waals surface area contributed by atoms with Crippen LogP contribution in [0.5, 0.6) is 0 Å². The van der Waals surface area contributed by atoms with Crippen LogP contribution in [0.3, 0.4) is 0 Å².